The molecule has 0 spiro atoms. The van der Waals surface area contributed by atoms with Gasteiger partial charge in [-0.2, -0.15) is 0 Å². The normalized spacial score (nSPS) is 23.9. The van der Waals surface area contributed by atoms with Crippen LogP contribution in [0.3, 0.4) is 0 Å². The number of hydrogen-bond donors (Lipinski definition) is 1. The summed E-state index contributed by atoms with van der Waals surface area (Å²) < 4.78 is 10.00. The number of esters is 1. The molecule has 1 aliphatic heterocycles. The molecule has 2 atom stereocenters. The quantitative estimate of drug-likeness (QED) is 0.701. The van der Waals surface area contributed by atoms with E-state index in [4.69, 9.17) is 4.74 Å². The number of ether oxygens (including phenoxy) is 2. The fourth-order valence-electron chi connectivity index (χ4n) is 1.67. The van der Waals surface area contributed by atoms with Crippen molar-refractivity contribution in [1.29, 1.82) is 0 Å². The first-order chi connectivity index (χ1) is 7.22. The number of fused-ring (bicyclic) bond motifs is 1. The molecule has 0 fully saturated rings. The summed E-state index contributed by atoms with van der Waals surface area (Å²) in [5.41, 5.74) is 0.720. The zero-order valence-electron chi connectivity index (χ0n) is 8.34. The van der Waals surface area contributed by atoms with Gasteiger partial charge in [0, 0.05) is 12.0 Å². The van der Waals surface area contributed by atoms with Crippen LogP contribution in [0.5, 0.6) is 5.75 Å². The van der Waals surface area contributed by atoms with Crippen molar-refractivity contribution in [1.82, 2.24) is 0 Å². The van der Waals surface area contributed by atoms with Gasteiger partial charge in [0.25, 0.3) is 0 Å². The van der Waals surface area contributed by atoms with Crippen molar-refractivity contribution in [3.05, 3.63) is 29.8 Å². The third-order valence-electron chi connectivity index (χ3n) is 2.45. The van der Waals surface area contributed by atoms with Gasteiger partial charge < -0.3 is 14.6 Å². The summed E-state index contributed by atoms with van der Waals surface area (Å²) in [4.78, 5) is 11.3. The van der Waals surface area contributed by atoms with E-state index in [0.29, 0.717) is 5.75 Å². The summed E-state index contributed by atoms with van der Waals surface area (Å²) >= 11 is 0. The SMILES string of the molecule is COC(=O)C1CC(O)c2ccccc2O1. The van der Waals surface area contributed by atoms with Gasteiger partial charge in [0.1, 0.15) is 5.75 Å². The highest BCUT2D eigenvalue weighted by Gasteiger charge is 2.31. The molecule has 2 rings (SSSR count). The highest BCUT2D eigenvalue weighted by atomic mass is 16.6. The van der Waals surface area contributed by atoms with Crippen LogP contribution < -0.4 is 4.74 Å². The van der Waals surface area contributed by atoms with E-state index in [1.807, 2.05) is 6.07 Å². The average molecular weight is 208 g/mol. The van der Waals surface area contributed by atoms with Crippen molar-refractivity contribution in [3.63, 3.8) is 0 Å². The molecule has 1 aliphatic rings. The highest BCUT2D eigenvalue weighted by molar-refractivity contribution is 5.75. The maximum Gasteiger partial charge on any atom is 0.347 e. The van der Waals surface area contributed by atoms with Crippen LogP contribution in [0.15, 0.2) is 24.3 Å². The van der Waals surface area contributed by atoms with Crippen LogP contribution in [0.1, 0.15) is 18.1 Å². The minimum atomic E-state index is -0.708. The number of aliphatic hydroxyl groups excluding tert-OH is 1. The lowest BCUT2D eigenvalue weighted by atomic mass is 9.99. The Kier molecular flexibility index (Phi) is 2.60. The van der Waals surface area contributed by atoms with Crippen LogP contribution in [-0.4, -0.2) is 24.3 Å². The Hall–Kier alpha value is -1.55. The Balaban J connectivity index is 2.26. The van der Waals surface area contributed by atoms with Crippen LogP contribution in [0.25, 0.3) is 0 Å². The van der Waals surface area contributed by atoms with Gasteiger partial charge in [0.15, 0.2) is 6.10 Å². The summed E-state index contributed by atoms with van der Waals surface area (Å²) in [5, 5.41) is 9.79. The maximum atomic E-state index is 11.3. The first-order valence-corrected chi connectivity index (χ1v) is 4.74. The predicted molar refractivity (Wildman–Crippen MR) is 52.5 cm³/mol. The molecule has 1 aromatic rings. The molecular formula is C11H12O4. The minimum absolute atomic E-state index is 0.240. The summed E-state index contributed by atoms with van der Waals surface area (Å²) in [6.07, 6.45) is -1.14. The smallest absolute Gasteiger partial charge is 0.347 e. The average Bonchev–Trinajstić information content (AvgIpc) is 2.28. The number of carbonyl (C=O) groups excluding carboxylic acids is 1. The van der Waals surface area contributed by atoms with Gasteiger partial charge in [-0.1, -0.05) is 18.2 Å². The molecule has 0 bridgehead atoms. The third-order valence-corrected chi connectivity index (χ3v) is 2.45. The van der Waals surface area contributed by atoms with E-state index in [2.05, 4.69) is 4.74 Å². The second kappa shape index (κ2) is 3.90. The summed E-state index contributed by atoms with van der Waals surface area (Å²) in [7, 11) is 1.30. The lowest BCUT2D eigenvalue weighted by Gasteiger charge is -2.27. The van der Waals surface area contributed by atoms with Crippen molar-refractivity contribution < 1.29 is 19.4 Å². The minimum Gasteiger partial charge on any atom is -0.478 e. The van der Waals surface area contributed by atoms with Gasteiger partial charge in [-0.05, 0) is 6.07 Å². The number of methoxy groups -OCH3 is 1. The number of aliphatic hydroxyl groups is 1. The molecule has 0 radical (unpaired) electrons. The second-order valence-corrected chi connectivity index (χ2v) is 3.42. The summed E-state index contributed by atoms with van der Waals surface area (Å²) in [6.45, 7) is 0. The summed E-state index contributed by atoms with van der Waals surface area (Å²) in [5.74, 6) is 0.0928. The Morgan fingerprint density at radius 2 is 2.27 bits per heavy atom. The molecule has 1 heterocycles. The first-order valence-electron chi connectivity index (χ1n) is 4.74. The summed E-state index contributed by atoms with van der Waals surface area (Å²) in [6, 6.07) is 7.14. The van der Waals surface area contributed by atoms with E-state index in [-0.39, 0.29) is 6.42 Å². The fraction of sp³-hybridized carbons (Fsp3) is 0.364. The standard InChI is InChI=1S/C11H12O4/c1-14-11(13)10-6-8(12)7-4-2-3-5-9(7)15-10/h2-5,8,10,12H,6H2,1H3. The van der Waals surface area contributed by atoms with Crippen molar-refractivity contribution in [2.75, 3.05) is 7.11 Å². The van der Waals surface area contributed by atoms with Gasteiger partial charge in [0.05, 0.1) is 13.2 Å². The van der Waals surface area contributed by atoms with Gasteiger partial charge in [0.2, 0.25) is 0 Å². The molecule has 1 aromatic carbocycles. The van der Waals surface area contributed by atoms with Crippen LogP contribution in [-0.2, 0) is 9.53 Å². The van der Waals surface area contributed by atoms with Crippen molar-refractivity contribution >= 4 is 5.97 Å². The number of rotatable bonds is 1. The molecule has 0 aliphatic carbocycles. The van der Waals surface area contributed by atoms with Gasteiger partial charge >= 0.3 is 5.97 Å². The molecule has 0 saturated carbocycles. The zero-order chi connectivity index (χ0) is 10.8. The number of benzene rings is 1. The molecule has 0 amide bonds. The molecule has 0 saturated heterocycles. The predicted octanol–water partition coefficient (Wildman–Crippen LogP) is 1.04. The van der Waals surface area contributed by atoms with Crippen LogP contribution >= 0.6 is 0 Å². The van der Waals surface area contributed by atoms with Crippen LogP contribution in [0.2, 0.25) is 0 Å². The van der Waals surface area contributed by atoms with Gasteiger partial charge in [-0.25, -0.2) is 4.79 Å². The largest absolute Gasteiger partial charge is 0.478 e. The van der Waals surface area contributed by atoms with E-state index in [0.717, 1.165) is 5.56 Å². The Bertz CT molecular complexity index is 375. The highest BCUT2D eigenvalue weighted by Crippen LogP contribution is 2.34. The Labute approximate surface area is 87.4 Å². The van der Waals surface area contributed by atoms with Crippen LogP contribution in [0, 0.1) is 0 Å². The van der Waals surface area contributed by atoms with E-state index >= 15 is 0 Å². The molecule has 2 unspecified atom stereocenters. The third kappa shape index (κ3) is 1.80. The van der Waals surface area contributed by atoms with Crippen molar-refractivity contribution in [3.8, 4) is 5.75 Å². The Morgan fingerprint density at radius 3 is 3.00 bits per heavy atom. The second-order valence-electron chi connectivity index (χ2n) is 3.42. The van der Waals surface area contributed by atoms with Gasteiger partial charge in [-0.15, -0.1) is 0 Å². The van der Waals surface area contributed by atoms with E-state index in [1.54, 1.807) is 18.2 Å². The monoisotopic (exact) mass is 208 g/mol. The van der Waals surface area contributed by atoms with Crippen molar-refractivity contribution in [2.45, 2.75) is 18.6 Å². The van der Waals surface area contributed by atoms with E-state index in [9.17, 15) is 9.90 Å². The molecule has 1 N–H and O–H groups in total. The topological polar surface area (TPSA) is 55.8 Å². The number of carbonyl (C=O) groups is 1. The molecule has 4 heteroatoms. The van der Waals surface area contributed by atoms with E-state index in [1.165, 1.54) is 7.11 Å². The number of hydrogen-bond acceptors (Lipinski definition) is 4. The molecule has 4 nitrogen and oxygen atoms in total. The Morgan fingerprint density at radius 1 is 1.53 bits per heavy atom. The number of para-hydroxylation sites is 1. The molecular weight excluding hydrogens is 196 g/mol. The van der Waals surface area contributed by atoms with Crippen LogP contribution in [0.4, 0.5) is 0 Å². The lowest BCUT2D eigenvalue weighted by Crippen LogP contribution is -2.33. The maximum absolute atomic E-state index is 11.3. The fourth-order valence-corrected chi connectivity index (χ4v) is 1.67. The molecule has 80 valence electrons. The molecule has 15 heavy (non-hydrogen) atoms. The van der Waals surface area contributed by atoms with Gasteiger partial charge in [-0.3, -0.25) is 0 Å². The lowest BCUT2D eigenvalue weighted by molar-refractivity contribution is -0.151. The first kappa shape index (κ1) is 9.98. The molecule has 0 aromatic heterocycles. The van der Waals surface area contributed by atoms with E-state index < -0.39 is 18.2 Å². The van der Waals surface area contributed by atoms with Crippen molar-refractivity contribution in [2.24, 2.45) is 0 Å². The zero-order valence-corrected chi connectivity index (χ0v) is 8.34.